The number of carbonyl (C=O) groups excluding carboxylic acids is 2. The average molecular weight is 461 g/mol. The number of aryl methyl sites for hydroxylation is 2. The van der Waals surface area contributed by atoms with Crippen molar-refractivity contribution in [2.75, 3.05) is 25.2 Å². The topological polar surface area (TPSA) is 102 Å². The molecule has 0 atom stereocenters. The van der Waals surface area contributed by atoms with Gasteiger partial charge in [-0.25, -0.2) is 4.98 Å². The minimum atomic E-state index is -0.233. The second kappa shape index (κ2) is 9.92. The average Bonchev–Trinajstić information content (AvgIpc) is 3.27. The highest BCUT2D eigenvalue weighted by molar-refractivity contribution is 7.99. The van der Waals surface area contributed by atoms with Crippen molar-refractivity contribution >= 4 is 40.0 Å². The molecule has 2 heterocycles. The van der Waals surface area contributed by atoms with E-state index in [1.807, 2.05) is 38.2 Å². The van der Waals surface area contributed by atoms with Gasteiger partial charge in [0.2, 0.25) is 5.91 Å². The highest BCUT2D eigenvalue weighted by Gasteiger charge is 2.18. The Morgan fingerprint density at radius 3 is 2.68 bits per heavy atom. The Morgan fingerprint density at radius 2 is 1.97 bits per heavy atom. The maximum atomic E-state index is 12.3. The van der Waals surface area contributed by atoms with Gasteiger partial charge in [0, 0.05) is 21.1 Å². The molecule has 0 aliphatic heterocycles. The lowest BCUT2D eigenvalue weighted by molar-refractivity contribution is -0.113. The summed E-state index contributed by atoms with van der Waals surface area (Å²) in [6.45, 7) is 4.01. The van der Waals surface area contributed by atoms with Gasteiger partial charge in [-0.2, -0.15) is 0 Å². The van der Waals surface area contributed by atoms with Crippen LogP contribution in [-0.2, 0) is 18.4 Å². The first-order valence-electron chi connectivity index (χ1n) is 9.44. The Labute approximate surface area is 188 Å². The molecular weight excluding hydrogens is 436 g/mol. The van der Waals surface area contributed by atoms with E-state index in [9.17, 15) is 9.59 Å². The van der Waals surface area contributed by atoms with E-state index in [0.29, 0.717) is 26.7 Å². The van der Waals surface area contributed by atoms with E-state index in [0.717, 1.165) is 11.3 Å². The molecule has 164 valence electrons. The van der Waals surface area contributed by atoms with Crippen LogP contribution in [0, 0.1) is 13.8 Å². The van der Waals surface area contributed by atoms with E-state index in [4.69, 9.17) is 4.74 Å². The van der Waals surface area contributed by atoms with Gasteiger partial charge in [0.05, 0.1) is 11.4 Å². The number of nitrogens with zero attached hydrogens (tertiary/aromatic N) is 5. The first-order valence-corrected chi connectivity index (χ1v) is 11.2. The highest BCUT2D eigenvalue weighted by Crippen LogP contribution is 2.24. The standard InChI is InChI=1S/C20H24N6O3S2/c1-12-8-6-7-9-14(12)29-10-15-23-24-20(26(15)5)30-11-16(27)22-19-21-13(2)17(31-19)18(28)25(3)4/h6-9H,10-11H2,1-5H3,(H,21,22,27). The lowest BCUT2D eigenvalue weighted by atomic mass is 10.2. The van der Waals surface area contributed by atoms with Crippen molar-refractivity contribution in [3.05, 3.63) is 46.2 Å². The zero-order valence-electron chi connectivity index (χ0n) is 18.0. The molecule has 3 rings (SSSR count). The lowest BCUT2D eigenvalue weighted by Crippen LogP contribution is -2.21. The van der Waals surface area contributed by atoms with Gasteiger partial charge in [0.25, 0.3) is 5.91 Å². The van der Waals surface area contributed by atoms with Gasteiger partial charge in [0.1, 0.15) is 17.2 Å². The van der Waals surface area contributed by atoms with Gasteiger partial charge < -0.3 is 19.5 Å². The fourth-order valence-corrected chi connectivity index (χ4v) is 4.33. The Morgan fingerprint density at radius 1 is 1.23 bits per heavy atom. The number of ether oxygens (including phenoxy) is 1. The number of carbonyl (C=O) groups is 2. The first kappa shape index (κ1) is 22.8. The zero-order valence-corrected chi connectivity index (χ0v) is 19.6. The molecule has 11 heteroatoms. The Kier molecular flexibility index (Phi) is 7.29. The van der Waals surface area contributed by atoms with Crippen LogP contribution in [0.3, 0.4) is 0 Å². The molecular formula is C20H24N6O3S2. The summed E-state index contributed by atoms with van der Waals surface area (Å²) in [5.41, 5.74) is 1.64. The molecule has 1 N–H and O–H groups in total. The van der Waals surface area contributed by atoms with Gasteiger partial charge in [-0.05, 0) is 25.5 Å². The smallest absolute Gasteiger partial charge is 0.265 e. The number of thioether (sulfide) groups is 1. The predicted octanol–water partition coefficient (Wildman–Crippen LogP) is 2.90. The lowest BCUT2D eigenvalue weighted by Gasteiger charge is -2.08. The van der Waals surface area contributed by atoms with Crippen LogP contribution < -0.4 is 10.1 Å². The number of amides is 2. The monoisotopic (exact) mass is 460 g/mol. The van der Waals surface area contributed by atoms with Gasteiger partial charge in [-0.15, -0.1) is 10.2 Å². The molecule has 0 radical (unpaired) electrons. The molecule has 3 aromatic rings. The highest BCUT2D eigenvalue weighted by atomic mass is 32.2. The van der Waals surface area contributed by atoms with E-state index >= 15 is 0 Å². The summed E-state index contributed by atoms with van der Waals surface area (Å²) in [6.07, 6.45) is 0. The fourth-order valence-electron chi connectivity index (χ4n) is 2.59. The van der Waals surface area contributed by atoms with E-state index in [1.165, 1.54) is 28.0 Å². The number of hydrogen-bond acceptors (Lipinski definition) is 8. The van der Waals surface area contributed by atoms with Crippen LogP contribution in [0.25, 0.3) is 0 Å². The largest absolute Gasteiger partial charge is 0.485 e. The molecule has 0 aliphatic carbocycles. The molecule has 0 fully saturated rings. The number of rotatable bonds is 8. The van der Waals surface area contributed by atoms with Crippen LogP contribution in [0.4, 0.5) is 5.13 Å². The van der Waals surface area contributed by atoms with Crippen molar-refractivity contribution in [3.63, 3.8) is 0 Å². The second-order valence-corrected chi connectivity index (χ2v) is 8.92. The summed E-state index contributed by atoms with van der Waals surface area (Å²) in [5.74, 6) is 1.23. The van der Waals surface area contributed by atoms with E-state index in [2.05, 4.69) is 20.5 Å². The van der Waals surface area contributed by atoms with Crippen LogP contribution in [-0.4, -0.2) is 56.3 Å². The van der Waals surface area contributed by atoms with Crippen LogP contribution in [0.15, 0.2) is 29.4 Å². The quantitative estimate of drug-likeness (QED) is 0.516. The van der Waals surface area contributed by atoms with E-state index < -0.39 is 0 Å². The summed E-state index contributed by atoms with van der Waals surface area (Å²) in [4.78, 5) is 30.7. The maximum Gasteiger partial charge on any atom is 0.265 e. The first-order chi connectivity index (χ1) is 14.8. The number of anilines is 1. The van der Waals surface area contributed by atoms with E-state index in [-0.39, 0.29) is 24.2 Å². The van der Waals surface area contributed by atoms with Crippen molar-refractivity contribution in [1.82, 2.24) is 24.6 Å². The van der Waals surface area contributed by atoms with Crippen LogP contribution in [0.5, 0.6) is 5.75 Å². The summed E-state index contributed by atoms with van der Waals surface area (Å²) in [7, 11) is 5.19. The molecule has 0 bridgehead atoms. The Hall–Kier alpha value is -2.92. The summed E-state index contributed by atoms with van der Waals surface area (Å²) in [5, 5.41) is 12.1. The number of nitrogens with one attached hydrogen (secondary N) is 1. The maximum absolute atomic E-state index is 12.3. The summed E-state index contributed by atoms with van der Waals surface area (Å²) in [6, 6.07) is 7.76. The van der Waals surface area contributed by atoms with Crippen molar-refractivity contribution in [3.8, 4) is 5.75 Å². The molecule has 9 nitrogen and oxygen atoms in total. The minimum Gasteiger partial charge on any atom is -0.485 e. The molecule has 2 aromatic heterocycles. The predicted molar refractivity (Wildman–Crippen MR) is 121 cm³/mol. The summed E-state index contributed by atoms with van der Waals surface area (Å²) < 4.78 is 7.62. The molecule has 0 unspecified atom stereocenters. The molecule has 2 amide bonds. The van der Waals surface area contributed by atoms with Crippen molar-refractivity contribution in [2.45, 2.75) is 25.6 Å². The fraction of sp³-hybridized carbons (Fsp3) is 0.350. The van der Waals surface area contributed by atoms with Gasteiger partial charge in [-0.1, -0.05) is 41.3 Å². The number of hydrogen-bond donors (Lipinski definition) is 1. The van der Waals surface area contributed by atoms with Gasteiger partial charge in [0.15, 0.2) is 16.1 Å². The molecule has 0 aliphatic rings. The number of aromatic nitrogens is 4. The summed E-state index contributed by atoms with van der Waals surface area (Å²) >= 11 is 2.43. The Balaban J connectivity index is 1.55. The van der Waals surface area contributed by atoms with Crippen molar-refractivity contribution in [2.24, 2.45) is 7.05 Å². The van der Waals surface area contributed by atoms with Gasteiger partial charge >= 0.3 is 0 Å². The number of benzene rings is 1. The SMILES string of the molecule is Cc1ccccc1OCc1nnc(SCC(=O)Nc2nc(C)c(C(=O)N(C)C)s2)n1C. The third-order valence-electron chi connectivity index (χ3n) is 4.35. The normalized spacial score (nSPS) is 10.7. The third kappa shape index (κ3) is 5.61. The van der Waals surface area contributed by atoms with Crippen molar-refractivity contribution < 1.29 is 14.3 Å². The second-order valence-electron chi connectivity index (χ2n) is 6.98. The van der Waals surface area contributed by atoms with Crippen LogP contribution >= 0.6 is 23.1 Å². The third-order valence-corrected chi connectivity index (χ3v) is 6.43. The van der Waals surface area contributed by atoms with Gasteiger partial charge in [-0.3, -0.25) is 9.59 Å². The minimum absolute atomic E-state index is 0.135. The molecule has 0 saturated heterocycles. The Bertz CT molecular complexity index is 1090. The molecule has 1 aromatic carbocycles. The van der Waals surface area contributed by atoms with Crippen LogP contribution in [0.1, 0.15) is 26.8 Å². The van der Waals surface area contributed by atoms with Crippen LogP contribution in [0.2, 0.25) is 0 Å². The zero-order chi connectivity index (χ0) is 22.5. The number of para-hydroxylation sites is 1. The van der Waals surface area contributed by atoms with E-state index in [1.54, 1.807) is 25.6 Å². The molecule has 31 heavy (non-hydrogen) atoms. The number of thiazole rings is 1. The molecule has 0 spiro atoms. The molecule has 0 saturated carbocycles. The van der Waals surface area contributed by atoms with Crippen molar-refractivity contribution in [1.29, 1.82) is 0 Å².